The molecule has 0 aliphatic heterocycles. The van der Waals surface area contributed by atoms with E-state index in [1.54, 1.807) is 0 Å². The van der Waals surface area contributed by atoms with Gasteiger partial charge in [-0.2, -0.15) is 5.10 Å². The van der Waals surface area contributed by atoms with Crippen LogP contribution in [0.25, 0.3) is 0 Å². The second-order valence-electron chi connectivity index (χ2n) is 5.37. The van der Waals surface area contributed by atoms with Gasteiger partial charge in [-0.05, 0) is 43.6 Å². The lowest BCUT2D eigenvalue weighted by Crippen LogP contribution is -2.44. The number of aromatic amines is 1. The van der Waals surface area contributed by atoms with Gasteiger partial charge >= 0.3 is 0 Å². The number of nitrogens with zero attached hydrogens (tertiary/aromatic N) is 1. The Hall–Kier alpha value is -1.32. The SMILES string of the molecule is CC1c2cn[nH]c2CCC1C(=O)NC1CCC1. The second-order valence-corrected chi connectivity index (χ2v) is 5.37. The summed E-state index contributed by atoms with van der Waals surface area (Å²) < 4.78 is 0. The molecule has 1 fully saturated rings. The summed E-state index contributed by atoms with van der Waals surface area (Å²) in [6.07, 6.45) is 7.34. The molecule has 0 bridgehead atoms. The van der Waals surface area contributed by atoms with Crippen molar-refractivity contribution in [1.29, 1.82) is 0 Å². The molecule has 2 N–H and O–H groups in total. The van der Waals surface area contributed by atoms with Gasteiger partial charge in [0.05, 0.1) is 6.20 Å². The summed E-state index contributed by atoms with van der Waals surface area (Å²) in [5.41, 5.74) is 2.44. The molecule has 4 heteroatoms. The molecule has 17 heavy (non-hydrogen) atoms. The molecular formula is C13H19N3O. The third kappa shape index (κ3) is 1.85. The van der Waals surface area contributed by atoms with Crippen LogP contribution < -0.4 is 5.32 Å². The minimum Gasteiger partial charge on any atom is -0.353 e. The Morgan fingerprint density at radius 1 is 1.47 bits per heavy atom. The van der Waals surface area contributed by atoms with Crippen molar-refractivity contribution in [3.8, 4) is 0 Å². The molecule has 92 valence electrons. The third-order valence-electron chi connectivity index (χ3n) is 4.34. The number of rotatable bonds is 2. The van der Waals surface area contributed by atoms with Crippen molar-refractivity contribution in [3.05, 3.63) is 17.5 Å². The Morgan fingerprint density at radius 2 is 2.29 bits per heavy atom. The van der Waals surface area contributed by atoms with Crippen LogP contribution in [0, 0.1) is 5.92 Å². The maximum absolute atomic E-state index is 12.2. The number of hydrogen-bond donors (Lipinski definition) is 2. The number of aromatic nitrogens is 2. The van der Waals surface area contributed by atoms with E-state index in [0.29, 0.717) is 6.04 Å². The summed E-state index contributed by atoms with van der Waals surface area (Å²) in [6, 6.07) is 0.445. The van der Waals surface area contributed by atoms with Gasteiger partial charge in [0, 0.05) is 17.7 Å². The van der Waals surface area contributed by atoms with Crippen LogP contribution in [0.5, 0.6) is 0 Å². The zero-order valence-corrected chi connectivity index (χ0v) is 10.2. The minimum absolute atomic E-state index is 0.126. The first-order valence-electron chi connectivity index (χ1n) is 6.58. The fourth-order valence-corrected chi connectivity index (χ4v) is 2.90. The standard InChI is InChI=1S/C13H19N3O/c1-8-10(13(17)15-9-3-2-4-9)5-6-12-11(8)7-14-16-12/h7-10H,2-6H2,1H3,(H,14,16)(H,15,17). The maximum Gasteiger partial charge on any atom is 0.223 e. The van der Waals surface area contributed by atoms with Crippen molar-refractivity contribution in [2.24, 2.45) is 5.92 Å². The summed E-state index contributed by atoms with van der Waals surface area (Å²) in [7, 11) is 0. The van der Waals surface area contributed by atoms with Crippen LogP contribution in [0.2, 0.25) is 0 Å². The van der Waals surface area contributed by atoms with Gasteiger partial charge in [-0.25, -0.2) is 0 Å². The predicted molar refractivity (Wildman–Crippen MR) is 64.6 cm³/mol. The van der Waals surface area contributed by atoms with E-state index in [1.807, 2.05) is 6.20 Å². The zero-order chi connectivity index (χ0) is 11.8. The van der Waals surface area contributed by atoms with E-state index in [0.717, 1.165) is 25.7 Å². The van der Waals surface area contributed by atoms with Crippen molar-refractivity contribution in [2.75, 3.05) is 0 Å². The Balaban J connectivity index is 1.70. The Kier molecular flexibility index (Phi) is 2.65. The van der Waals surface area contributed by atoms with Gasteiger partial charge in [0.15, 0.2) is 0 Å². The van der Waals surface area contributed by atoms with Gasteiger partial charge in [0.1, 0.15) is 0 Å². The first kappa shape index (κ1) is 10.8. The largest absolute Gasteiger partial charge is 0.353 e. The molecule has 0 radical (unpaired) electrons. The summed E-state index contributed by atoms with van der Waals surface area (Å²) in [6.45, 7) is 2.14. The van der Waals surface area contributed by atoms with E-state index in [1.165, 1.54) is 17.7 Å². The van der Waals surface area contributed by atoms with E-state index >= 15 is 0 Å². The number of carbonyl (C=O) groups is 1. The molecule has 2 atom stereocenters. The molecule has 0 spiro atoms. The fraction of sp³-hybridized carbons (Fsp3) is 0.692. The van der Waals surface area contributed by atoms with E-state index in [9.17, 15) is 4.79 Å². The quantitative estimate of drug-likeness (QED) is 0.817. The van der Waals surface area contributed by atoms with E-state index < -0.39 is 0 Å². The second kappa shape index (κ2) is 4.17. The van der Waals surface area contributed by atoms with Crippen molar-refractivity contribution in [3.63, 3.8) is 0 Å². The first-order chi connectivity index (χ1) is 8.25. The Morgan fingerprint density at radius 3 is 3.00 bits per heavy atom. The highest BCUT2D eigenvalue weighted by Crippen LogP contribution is 2.35. The van der Waals surface area contributed by atoms with Crippen LogP contribution in [-0.4, -0.2) is 22.1 Å². The van der Waals surface area contributed by atoms with Crippen LogP contribution in [0.15, 0.2) is 6.20 Å². The van der Waals surface area contributed by atoms with Crippen molar-refractivity contribution in [2.45, 2.75) is 51.0 Å². The molecule has 1 saturated carbocycles. The molecule has 1 aromatic rings. The van der Waals surface area contributed by atoms with Crippen LogP contribution in [0.1, 0.15) is 49.8 Å². The van der Waals surface area contributed by atoms with E-state index in [2.05, 4.69) is 22.4 Å². The van der Waals surface area contributed by atoms with Gasteiger partial charge in [-0.3, -0.25) is 9.89 Å². The van der Waals surface area contributed by atoms with E-state index in [-0.39, 0.29) is 17.7 Å². The van der Waals surface area contributed by atoms with Gasteiger partial charge in [-0.1, -0.05) is 6.92 Å². The minimum atomic E-state index is 0.126. The maximum atomic E-state index is 12.2. The molecule has 2 aliphatic carbocycles. The molecule has 4 nitrogen and oxygen atoms in total. The van der Waals surface area contributed by atoms with Crippen molar-refractivity contribution < 1.29 is 4.79 Å². The topological polar surface area (TPSA) is 57.8 Å². The molecular weight excluding hydrogens is 214 g/mol. The molecule has 1 aromatic heterocycles. The number of carbonyl (C=O) groups excluding carboxylic acids is 1. The highest BCUT2D eigenvalue weighted by atomic mass is 16.2. The molecule has 1 heterocycles. The molecule has 2 unspecified atom stereocenters. The lowest BCUT2D eigenvalue weighted by molar-refractivity contribution is -0.127. The first-order valence-corrected chi connectivity index (χ1v) is 6.58. The lowest BCUT2D eigenvalue weighted by Gasteiger charge is -2.32. The Bertz CT molecular complexity index is 422. The van der Waals surface area contributed by atoms with Crippen molar-refractivity contribution in [1.82, 2.24) is 15.5 Å². The lowest BCUT2D eigenvalue weighted by atomic mass is 9.78. The molecule has 3 rings (SSSR count). The number of hydrogen-bond acceptors (Lipinski definition) is 2. The predicted octanol–water partition coefficient (Wildman–Crippen LogP) is 1.74. The number of aryl methyl sites for hydroxylation is 1. The molecule has 0 aromatic carbocycles. The van der Waals surface area contributed by atoms with Crippen LogP contribution >= 0.6 is 0 Å². The highest BCUT2D eigenvalue weighted by molar-refractivity contribution is 5.80. The third-order valence-corrected chi connectivity index (χ3v) is 4.34. The number of nitrogens with one attached hydrogen (secondary N) is 2. The average Bonchev–Trinajstić information content (AvgIpc) is 2.72. The average molecular weight is 233 g/mol. The fourth-order valence-electron chi connectivity index (χ4n) is 2.90. The van der Waals surface area contributed by atoms with Crippen LogP contribution in [0.3, 0.4) is 0 Å². The smallest absolute Gasteiger partial charge is 0.223 e. The van der Waals surface area contributed by atoms with Gasteiger partial charge < -0.3 is 5.32 Å². The van der Waals surface area contributed by atoms with Gasteiger partial charge in [0.25, 0.3) is 0 Å². The summed E-state index contributed by atoms with van der Waals surface area (Å²) >= 11 is 0. The van der Waals surface area contributed by atoms with Crippen LogP contribution in [0.4, 0.5) is 0 Å². The monoisotopic (exact) mass is 233 g/mol. The number of fused-ring (bicyclic) bond motifs is 1. The summed E-state index contributed by atoms with van der Waals surface area (Å²) in [5.74, 6) is 0.660. The van der Waals surface area contributed by atoms with Crippen molar-refractivity contribution >= 4 is 5.91 Å². The van der Waals surface area contributed by atoms with Gasteiger partial charge in [-0.15, -0.1) is 0 Å². The number of amides is 1. The zero-order valence-electron chi connectivity index (χ0n) is 10.2. The molecule has 2 aliphatic rings. The van der Waals surface area contributed by atoms with E-state index in [4.69, 9.17) is 0 Å². The summed E-state index contributed by atoms with van der Waals surface area (Å²) in [5, 5.41) is 10.3. The molecule has 0 saturated heterocycles. The Labute approximate surface area is 101 Å². The molecule has 1 amide bonds. The number of H-pyrrole nitrogens is 1. The highest BCUT2D eigenvalue weighted by Gasteiger charge is 2.34. The normalized spacial score (nSPS) is 28.3. The van der Waals surface area contributed by atoms with Gasteiger partial charge in [0.2, 0.25) is 5.91 Å². The summed E-state index contributed by atoms with van der Waals surface area (Å²) in [4.78, 5) is 12.2. The van der Waals surface area contributed by atoms with Crippen LogP contribution in [-0.2, 0) is 11.2 Å².